The second kappa shape index (κ2) is 6.72. The minimum Gasteiger partial charge on any atom is -0.741 e. The van der Waals surface area contributed by atoms with E-state index in [0.717, 1.165) is 0 Å². The van der Waals surface area contributed by atoms with Gasteiger partial charge < -0.3 is 9.87 Å². The summed E-state index contributed by atoms with van der Waals surface area (Å²) in [6, 6.07) is 0. The minimum absolute atomic E-state index is 0.690. The number of halogens is 3. The van der Waals surface area contributed by atoms with Crippen molar-refractivity contribution in [1.29, 1.82) is 0 Å². The molecule has 0 spiro atoms. The number of hydrogen-bond acceptors (Lipinski definition) is 3. The molecular weight excluding hydrogens is 271 g/mol. The van der Waals surface area contributed by atoms with Crippen molar-refractivity contribution in [1.82, 2.24) is 0 Å². The first-order chi connectivity index (χ1) is 8.02. The average Bonchev–Trinajstić information content (AvgIpc) is 2.61. The fourth-order valence-corrected chi connectivity index (χ4v) is 1.83. The van der Waals surface area contributed by atoms with Gasteiger partial charge in [0.05, 0.1) is 13.1 Å². The van der Waals surface area contributed by atoms with E-state index in [0.29, 0.717) is 5.41 Å². The topological polar surface area (TPSA) is 73.8 Å². The van der Waals surface area contributed by atoms with Crippen LogP contribution in [-0.2, 0) is 10.1 Å². The number of quaternary nitrogens is 1. The molecule has 0 radical (unpaired) electrons. The fourth-order valence-electron chi connectivity index (χ4n) is 1.83. The van der Waals surface area contributed by atoms with Gasteiger partial charge in [-0.05, 0) is 6.42 Å². The maximum absolute atomic E-state index is 10.7. The zero-order valence-electron chi connectivity index (χ0n) is 10.6. The Kier molecular flexibility index (Phi) is 6.59. The predicted molar refractivity (Wildman–Crippen MR) is 59.7 cm³/mol. The summed E-state index contributed by atoms with van der Waals surface area (Å²) in [5.41, 5.74) is -4.96. The van der Waals surface area contributed by atoms with Gasteiger partial charge in [0.25, 0.3) is 0 Å². The van der Waals surface area contributed by atoms with Crippen molar-refractivity contribution >= 4 is 10.1 Å². The molecule has 110 valence electrons. The highest BCUT2D eigenvalue weighted by Crippen LogP contribution is 2.27. The standard InChI is InChI=1S/C9H19N.CHF3O3S/c1-3-4-5-9(2)6-7-10-8-9;2-1(3,4)8(5,6)7/h10H,3-8H2,1-2H3;(H,5,6,7). The third-order valence-electron chi connectivity index (χ3n) is 3.01. The van der Waals surface area contributed by atoms with Gasteiger partial charge in [0.15, 0.2) is 10.1 Å². The summed E-state index contributed by atoms with van der Waals surface area (Å²) < 4.78 is 58.9. The van der Waals surface area contributed by atoms with Crippen molar-refractivity contribution in [3.63, 3.8) is 0 Å². The highest BCUT2D eigenvalue weighted by molar-refractivity contribution is 7.86. The zero-order chi connectivity index (χ0) is 14.4. The molecule has 1 aliphatic heterocycles. The lowest BCUT2D eigenvalue weighted by Crippen LogP contribution is -2.81. The molecule has 0 saturated carbocycles. The lowest BCUT2D eigenvalue weighted by Gasteiger charge is -2.18. The van der Waals surface area contributed by atoms with E-state index < -0.39 is 15.6 Å². The Morgan fingerprint density at radius 1 is 1.39 bits per heavy atom. The monoisotopic (exact) mass is 291 g/mol. The van der Waals surface area contributed by atoms with Gasteiger partial charge in [-0.25, -0.2) is 8.42 Å². The molecule has 1 fully saturated rings. The Hall–Kier alpha value is -0.340. The summed E-state index contributed by atoms with van der Waals surface area (Å²) in [4.78, 5) is 0. The van der Waals surface area contributed by atoms with Gasteiger partial charge in [-0.3, -0.25) is 0 Å². The van der Waals surface area contributed by atoms with Gasteiger partial charge >= 0.3 is 5.51 Å². The number of alkyl halides is 3. The van der Waals surface area contributed by atoms with Crippen LogP contribution in [0, 0.1) is 5.41 Å². The molecule has 1 rings (SSSR count). The molecule has 1 aliphatic rings. The summed E-state index contributed by atoms with van der Waals surface area (Å²) in [6.45, 7) is 7.45. The molecule has 18 heavy (non-hydrogen) atoms. The number of nitrogens with two attached hydrogens (primary N) is 1. The molecule has 0 bridgehead atoms. The van der Waals surface area contributed by atoms with Crippen LogP contribution in [0.5, 0.6) is 0 Å². The van der Waals surface area contributed by atoms with Crippen molar-refractivity contribution < 1.29 is 31.5 Å². The van der Waals surface area contributed by atoms with Crippen LogP contribution in [0.25, 0.3) is 0 Å². The smallest absolute Gasteiger partial charge is 0.485 e. The van der Waals surface area contributed by atoms with Gasteiger partial charge in [-0.1, -0.05) is 26.7 Å². The Labute approximate surface area is 106 Å². The summed E-state index contributed by atoms with van der Waals surface area (Å²) in [6.07, 6.45) is 5.66. The summed E-state index contributed by atoms with van der Waals surface area (Å²) in [7, 11) is -6.09. The van der Waals surface area contributed by atoms with Crippen molar-refractivity contribution in [2.75, 3.05) is 13.1 Å². The van der Waals surface area contributed by atoms with E-state index in [4.69, 9.17) is 13.0 Å². The molecule has 0 aromatic heterocycles. The van der Waals surface area contributed by atoms with E-state index in [9.17, 15) is 13.2 Å². The van der Waals surface area contributed by atoms with Crippen LogP contribution in [0.2, 0.25) is 0 Å². The maximum atomic E-state index is 10.7. The molecular formula is C10H20F3NO3S. The molecule has 0 aliphatic carbocycles. The van der Waals surface area contributed by atoms with Crippen LogP contribution in [0.15, 0.2) is 0 Å². The van der Waals surface area contributed by atoms with E-state index in [1.807, 2.05) is 0 Å². The second-order valence-electron chi connectivity index (χ2n) is 4.85. The van der Waals surface area contributed by atoms with Crippen LogP contribution >= 0.6 is 0 Å². The predicted octanol–water partition coefficient (Wildman–Crippen LogP) is 1.20. The summed E-state index contributed by atoms with van der Waals surface area (Å²) in [5, 5.41) is 2.45. The van der Waals surface area contributed by atoms with Crippen LogP contribution in [0.1, 0.15) is 39.5 Å². The molecule has 1 saturated heterocycles. The third kappa shape index (κ3) is 6.55. The number of unbranched alkanes of at least 4 members (excludes halogenated alkanes) is 1. The molecule has 2 N–H and O–H groups in total. The van der Waals surface area contributed by atoms with Crippen LogP contribution in [-0.4, -0.2) is 31.6 Å². The SMILES string of the molecule is CCCCC1(C)CC[NH2+]C1.O=S(=O)([O-])C(F)(F)F. The van der Waals surface area contributed by atoms with Crippen molar-refractivity contribution in [3.05, 3.63) is 0 Å². The third-order valence-corrected chi connectivity index (χ3v) is 3.57. The Balaban J connectivity index is 0.000000331. The zero-order valence-corrected chi connectivity index (χ0v) is 11.4. The lowest BCUT2D eigenvalue weighted by molar-refractivity contribution is -0.640. The number of rotatable bonds is 3. The highest BCUT2D eigenvalue weighted by atomic mass is 32.2. The van der Waals surface area contributed by atoms with E-state index in [1.165, 1.54) is 38.8 Å². The molecule has 0 amide bonds. The highest BCUT2D eigenvalue weighted by Gasteiger charge is 2.36. The molecule has 4 nitrogen and oxygen atoms in total. The van der Waals surface area contributed by atoms with Crippen molar-refractivity contribution in [2.45, 2.75) is 45.0 Å². The Morgan fingerprint density at radius 3 is 2.17 bits per heavy atom. The van der Waals surface area contributed by atoms with Crippen molar-refractivity contribution in [3.8, 4) is 0 Å². The molecule has 1 atom stereocenters. The maximum Gasteiger partial charge on any atom is 0.485 e. The Bertz CT molecular complexity index is 335. The largest absolute Gasteiger partial charge is 0.741 e. The molecule has 0 aromatic carbocycles. The first-order valence-electron chi connectivity index (χ1n) is 5.86. The molecule has 1 unspecified atom stereocenters. The van der Waals surface area contributed by atoms with Crippen LogP contribution in [0.3, 0.4) is 0 Å². The van der Waals surface area contributed by atoms with Gasteiger partial charge in [0.1, 0.15) is 0 Å². The molecule has 8 heteroatoms. The Morgan fingerprint density at radius 2 is 1.89 bits per heavy atom. The lowest BCUT2D eigenvalue weighted by atomic mass is 9.84. The first-order valence-corrected chi connectivity index (χ1v) is 7.26. The molecule has 0 aromatic rings. The van der Waals surface area contributed by atoms with Gasteiger partial charge in [-0.15, -0.1) is 0 Å². The second-order valence-corrected chi connectivity index (χ2v) is 6.22. The van der Waals surface area contributed by atoms with E-state index >= 15 is 0 Å². The van der Waals surface area contributed by atoms with Gasteiger partial charge in [0, 0.05) is 11.8 Å². The average molecular weight is 291 g/mol. The normalized spacial score (nSPS) is 24.6. The quantitative estimate of drug-likeness (QED) is 0.627. The summed E-state index contributed by atoms with van der Waals surface area (Å²) in [5.74, 6) is 0. The first kappa shape index (κ1) is 17.7. The van der Waals surface area contributed by atoms with E-state index in [1.54, 1.807) is 0 Å². The fraction of sp³-hybridized carbons (Fsp3) is 1.00. The van der Waals surface area contributed by atoms with E-state index in [2.05, 4.69) is 19.2 Å². The van der Waals surface area contributed by atoms with E-state index in [-0.39, 0.29) is 0 Å². The summed E-state index contributed by atoms with van der Waals surface area (Å²) >= 11 is 0. The minimum atomic E-state index is -6.09. The van der Waals surface area contributed by atoms with Gasteiger partial charge in [-0.2, -0.15) is 13.2 Å². The molecule has 1 heterocycles. The van der Waals surface area contributed by atoms with Crippen molar-refractivity contribution in [2.24, 2.45) is 5.41 Å². The van der Waals surface area contributed by atoms with Gasteiger partial charge in [0.2, 0.25) is 0 Å². The van der Waals surface area contributed by atoms with Crippen LogP contribution < -0.4 is 5.32 Å². The number of hydrogen-bond donors (Lipinski definition) is 1. The van der Waals surface area contributed by atoms with Crippen LogP contribution in [0.4, 0.5) is 13.2 Å².